The van der Waals surface area contributed by atoms with Crippen molar-refractivity contribution in [3.63, 3.8) is 0 Å². The smallest absolute Gasteiger partial charge is 0.254 e. The van der Waals surface area contributed by atoms with Gasteiger partial charge in [0.05, 0.1) is 0 Å². The fraction of sp³-hybridized carbons (Fsp3) is 0.214. The molecule has 0 fully saturated rings. The van der Waals surface area contributed by atoms with Gasteiger partial charge in [0.2, 0.25) is 0 Å². The predicted molar refractivity (Wildman–Crippen MR) is 134 cm³/mol. The van der Waals surface area contributed by atoms with Crippen LogP contribution in [0.4, 0.5) is 0 Å². The summed E-state index contributed by atoms with van der Waals surface area (Å²) in [5.41, 5.74) is 0.950. The minimum atomic E-state index is -1.51. The lowest BCUT2D eigenvalue weighted by Gasteiger charge is -2.33. The summed E-state index contributed by atoms with van der Waals surface area (Å²) < 4.78 is 0. The van der Waals surface area contributed by atoms with Gasteiger partial charge in [-0.2, -0.15) is 0 Å². The number of carbonyl (C=O) groups excluding carboxylic acids is 3. The Morgan fingerprint density at radius 3 is 2.18 bits per heavy atom. The Kier molecular flexibility index (Phi) is 8.46. The molecule has 6 heteroatoms. The highest BCUT2D eigenvalue weighted by molar-refractivity contribution is 6.04. The third-order valence-corrected chi connectivity index (χ3v) is 5.56. The Morgan fingerprint density at radius 2 is 1.50 bits per heavy atom. The van der Waals surface area contributed by atoms with Crippen molar-refractivity contribution in [2.45, 2.75) is 38.8 Å². The molecule has 0 saturated carbocycles. The number of unbranched alkanes of at least 4 members (excludes halogenated alkanes) is 1. The number of nitrogens with one attached hydrogen (secondary N) is 2. The molecule has 1 aromatic heterocycles. The van der Waals surface area contributed by atoms with Crippen LogP contribution < -0.4 is 10.6 Å². The number of aromatic nitrogens is 1. The van der Waals surface area contributed by atoms with Crippen LogP contribution in [0.3, 0.4) is 0 Å². The van der Waals surface area contributed by atoms with E-state index in [0.717, 1.165) is 12.0 Å². The summed E-state index contributed by atoms with van der Waals surface area (Å²) in [6.45, 7) is 3.38. The van der Waals surface area contributed by atoms with Crippen molar-refractivity contribution in [2.75, 3.05) is 0 Å². The Morgan fingerprint density at radius 1 is 0.853 bits per heavy atom. The van der Waals surface area contributed by atoms with Gasteiger partial charge in [0, 0.05) is 23.5 Å². The first kappa shape index (κ1) is 24.6. The van der Waals surface area contributed by atoms with Crippen molar-refractivity contribution in [1.82, 2.24) is 15.6 Å². The van der Waals surface area contributed by atoms with Crippen LogP contribution in [0.1, 0.15) is 65.0 Å². The zero-order valence-corrected chi connectivity index (χ0v) is 19.5. The Bertz CT molecular complexity index is 1160. The largest absolute Gasteiger partial charge is 0.323 e. The van der Waals surface area contributed by atoms with E-state index in [2.05, 4.69) is 15.6 Å². The zero-order valence-electron chi connectivity index (χ0n) is 19.5. The molecule has 2 N–H and O–H groups in total. The highest BCUT2D eigenvalue weighted by atomic mass is 16.2. The van der Waals surface area contributed by atoms with E-state index in [1.807, 2.05) is 49.4 Å². The summed E-state index contributed by atoms with van der Waals surface area (Å²) in [6, 6.07) is 19.5. The fourth-order valence-electron chi connectivity index (χ4n) is 3.58. The summed E-state index contributed by atoms with van der Waals surface area (Å²) in [5, 5.41) is 5.67. The van der Waals surface area contributed by atoms with E-state index < -0.39 is 17.5 Å². The van der Waals surface area contributed by atoms with Gasteiger partial charge in [-0.1, -0.05) is 61.9 Å². The lowest BCUT2D eigenvalue weighted by molar-refractivity contribution is -0.124. The van der Waals surface area contributed by atoms with E-state index in [1.165, 1.54) is 6.92 Å². The van der Waals surface area contributed by atoms with Gasteiger partial charge in [0.15, 0.2) is 11.4 Å². The van der Waals surface area contributed by atoms with Gasteiger partial charge in [-0.15, -0.1) is 0 Å². The van der Waals surface area contributed by atoms with Gasteiger partial charge >= 0.3 is 0 Å². The van der Waals surface area contributed by atoms with Gasteiger partial charge in [-0.25, -0.2) is 0 Å². The first-order valence-corrected chi connectivity index (χ1v) is 11.3. The van der Waals surface area contributed by atoms with Gasteiger partial charge in [-0.3, -0.25) is 19.4 Å². The molecule has 0 unspecified atom stereocenters. The second kappa shape index (κ2) is 11.7. The molecule has 0 aliphatic rings. The number of hydrogen-bond acceptors (Lipinski definition) is 4. The van der Waals surface area contributed by atoms with E-state index in [0.29, 0.717) is 23.1 Å². The van der Waals surface area contributed by atoms with E-state index in [-0.39, 0.29) is 12.2 Å². The van der Waals surface area contributed by atoms with Crippen LogP contribution in [0, 0.1) is 0 Å². The van der Waals surface area contributed by atoms with Crippen molar-refractivity contribution < 1.29 is 14.4 Å². The Hall–Kier alpha value is -4.06. The van der Waals surface area contributed by atoms with Crippen molar-refractivity contribution >= 4 is 29.7 Å². The third kappa shape index (κ3) is 6.25. The van der Waals surface area contributed by atoms with Crippen molar-refractivity contribution in [2.24, 2.45) is 0 Å². The lowest BCUT2D eigenvalue weighted by Crippen LogP contribution is -2.65. The molecular formula is C28H29N3O3. The standard InChI is InChI=1S/C28H29N3O3/c1-3-4-18-28(21(2)32,30-26(33)24-11-6-5-7-12-24)31-27(34)25-13-9-8-10-23(25)15-14-22-16-19-29-20-17-22/h5-17,19-20H,3-4,18H2,1-2H3,(H,30,33)(H,31,34)/t28-/m0/s1. The first-order chi connectivity index (χ1) is 16.4. The third-order valence-electron chi connectivity index (χ3n) is 5.56. The van der Waals surface area contributed by atoms with Gasteiger partial charge in [0.1, 0.15) is 0 Å². The molecule has 174 valence electrons. The molecule has 0 saturated heterocycles. The lowest BCUT2D eigenvalue weighted by atomic mass is 9.95. The minimum absolute atomic E-state index is 0.290. The molecule has 2 amide bonds. The van der Waals surface area contributed by atoms with Crippen LogP contribution in [-0.4, -0.2) is 28.2 Å². The molecule has 0 radical (unpaired) electrons. The Labute approximate surface area is 200 Å². The molecule has 1 atom stereocenters. The summed E-state index contributed by atoms with van der Waals surface area (Å²) in [5.74, 6) is -1.18. The number of benzene rings is 2. The monoisotopic (exact) mass is 455 g/mol. The van der Waals surface area contributed by atoms with Crippen LogP contribution in [0.15, 0.2) is 79.1 Å². The number of amides is 2. The Balaban J connectivity index is 1.90. The summed E-state index contributed by atoms with van der Waals surface area (Å²) in [6.07, 6.45) is 8.87. The second-order valence-electron chi connectivity index (χ2n) is 8.04. The number of carbonyl (C=O) groups is 3. The SMILES string of the molecule is CCCC[C@](NC(=O)c1ccccc1)(NC(=O)c1ccccc1C=Cc1ccncc1)C(C)=O. The number of hydrogen-bond donors (Lipinski definition) is 2. The van der Waals surface area contributed by atoms with Gasteiger partial charge in [-0.05, 0) is 61.2 Å². The predicted octanol–water partition coefficient (Wildman–Crippen LogP) is 4.89. The highest BCUT2D eigenvalue weighted by Gasteiger charge is 2.38. The molecule has 3 rings (SSSR count). The molecule has 34 heavy (non-hydrogen) atoms. The molecule has 2 aromatic carbocycles. The fourth-order valence-corrected chi connectivity index (χ4v) is 3.58. The molecule has 1 heterocycles. The molecule has 3 aromatic rings. The molecular weight excluding hydrogens is 426 g/mol. The van der Waals surface area contributed by atoms with Crippen LogP contribution in [0.25, 0.3) is 12.2 Å². The second-order valence-corrected chi connectivity index (χ2v) is 8.04. The normalized spacial score (nSPS) is 12.6. The molecule has 0 spiro atoms. The number of ketones is 1. The minimum Gasteiger partial charge on any atom is -0.323 e. The van der Waals surface area contributed by atoms with Gasteiger partial charge < -0.3 is 10.6 Å². The van der Waals surface area contributed by atoms with Crippen LogP contribution in [-0.2, 0) is 4.79 Å². The number of nitrogens with zero attached hydrogens (tertiary/aromatic N) is 1. The summed E-state index contributed by atoms with van der Waals surface area (Å²) in [7, 11) is 0. The maximum absolute atomic E-state index is 13.4. The van der Waals surface area contributed by atoms with Crippen LogP contribution in [0.5, 0.6) is 0 Å². The molecule has 0 aliphatic carbocycles. The van der Waals surface area contributed by atoms with E-state index in [9.17, 15) is 14.4 Å². The van der Waals surface area contributed by atoms with E-state index in [4.69, 9.17) is 0 Å². The van der Waals surface area contributed by atoms with Crippen LogP contribution >= 0.6 is 0 Å². The average Bonchev–Trinajstić information content (AvgIpc) is 2.87. The number of rotatable bonds is 10. The van der Waals surface area contributed by atoms with Crippen molar-refractivity contribution in [3.05, 3.63) is 101 Å². The maximum Gasteiger partial charge on any atom is 0.254 e. The maximum atomic E-state index is 13.4. The van der Waals surface area contributed by atoms with E-state index in [1.54, 1.807) is 48.8 Å². The average molecular weight is 456 g/mol. The van der Waals surface area contributed by atoms with E-state index >= 15 is 0 Å². The number of pyridine rings is 1. The molecule has 6 nitrogen and oxygen atoms in total. The quantitative estimate of drug-likeness (QED) is 0.426. The molecule has 0 bridgehead atoms. The first-order valence-electron chi connectivity index (χ1n) is 11.3. The van der Waals surface area contributed by atoms with Crippen LogP contribution in [0.2, 0.25) is 0 Å². The van der Waals surface area contributed by atoms with Crippen molar-refractivity contribution in [3.8, 4) is 0 Å². The molecule has 0 aliphatic heterocycles. The summed E-state index contributed by atoms with van der Waals surface area (Å²) >= 11 is 0. The van der Waals surface area contributed by atoms with Gasteiger partial charge in [0.25, 0.3) is 11.8 Å². The number of Topliss-reactive ketones (excluding diaryl/α,β-unsaturated/α-hetero) is 1. The highest BCUT2D eigenvalue weighted by Crippen LogP contribution is 2.19. The summed E-state index contributed by atoms with van der Waals surface area (Å²) in [4.78, 5) is 43.2. The zero-order chi connectivity index (χ0) is 24.4. The van der Waals surface area contributed by atoms with Crippen molar-refractivity contribution in [1.29, 1.82) is 0 Å². The topological polar surface area (TPSA) is 88.2 Å².